The summed E-state index contributed by atoms with van der Waals surface area (Å²) in [4.78, 5) is 0. The van der Waals surface area contributed by atoms with E-state index in [2.05, 4.69) is 0 Å². The highest BCUT2D eigenvalue weighted by Gasteiger charge is 2.23. The Hall–Kier alpha value is -1.60. The minimum atomic E-state index is -0.407. The van der Waals surface area contributed by atoms with Crippen LogP contribution in [0.25, 0.3) is 0 Å². The molecule has 1 aliphatic heterocycles. The molecule has 1 aromatic rings. The molecule has 1 saturated heterocycles. The predicted molar refractivity (Wildman–Crippen MR) is 46.4 cm³/mol. The van der Waals surface area contributed by atoms with Crippen LogP contribution in [-0.4, -0.2) is 19.3 Å². The Kier molecular flexibility index (Phi) is 2.33. The average molecular weight is 193 g/mol. The minimum Gasteiger partial charge on any atom is -0.489 e. The number of nitriles is 1. The van der Waals surface area contributed by atoms with Crippen molar-refractivity contribution >= 4 is 0 Å². The first-order valence-electron chi connectivity index (χ1n) is 4.23. The van der Waals surface area contributed by atoms with Crippen LogP contribution in [0.1, 0.15) is 5.56 Å². The summed E-state index contributed by atoms with van der Waals surface area (Å²) in [7, 11) is 0. The fraction of sp³-hybridized carbons (Fsp3) is 0.300. The van der Waals surface area contributed by atoms with Gasteiger partial charge in [0.1, 0.15) is 30.3 Å². The van der Waals surface area contributed by atoms with Gasteiger partial charge in [0.05, 0.1) is 12.2 Å². The summed E-state index contributed by atoms with van der Waals surface area (Å²) in [5.41, 5.74) is 0.340. The standard InChI is InChI=1S/C10H8FNO2/c11-8-2-1-7(4-12)10(3-8)14-6-9-5-13-9/h1-3,9H,5-6H2/t9-/m0/s1. The molecule has 3 nitrogen and oxygen atoms in total. The molecule has 0 bridgehead atoms. The zero-order chi connectivity index (χ0) is 9.97. The fourth-order valence-electron chi connectivity index (χ4n) is 1.05. The number of epoxide rings is 1. The normalized spacial score (nSPS) is 18.7. The maximum Gasteiger partial charge on any atom is 0.140 e. The van der Waals surface area contributed by atoms with E-state index >= 15 is 0 Å². The Morgan fingerprint density at radius 3 is 3.07 bits per heavy atom. The van der Waals surface area contributed by atoms with Crippen LogP contribution >= 0.6 is 0 Å². The summed E-state index contributed by atoms with van der Waals surface area (Å²) in [5, 5.41) is 8.71. The van der Waals surface area contributed by atoms with Gasteiger partial charge < -0.3 is 9.47 Å². The molecule has 0 N–H and O–H groups in total. The third-order valence-electron chi connectivity index (χ3n) is 1.89. The Morgan fingerprint density at radius 2 is 2.43 bits per heavy atom. The Morgan fingerprint density at radius 1 is 1.64 bits per heavy atom. The van der Waals surface area contributed by atoms with Crippen molar-refractivity contribution < 1.29 is 13.9 Å². The summed E-state index contributed by atoms with van der Waals surface area (Å²) < 4.78 is 23.0. The van der Waals surface area contributed by atoms with Gasteiger partial charge in [-0.15, -0.1) is 0 Å². The second kappa shape index (κ2) is 3.64. The van der Waals surface area contributed by atoms with Gasteiger partial charge in [-0.05, 0) is 12.1 Å². The number of halogens is 1. The van der Waals surface area contributed by atoms with Crippen molar-refractivity contribution in [3.05, 3.63) is 29.6 Å². The predicted octanol–water partition coefficient (Wildman–Crippen LogP) is 1.47. The fourth-order valence-corrected chi connectivity index (χ4v) is 1.05. The maximum absolute atomic E-state index is 12.8. The molecular weight excluding hydrogens is 185 g/mol. The van der Waals surface area contributed by atoms with E-state index in [1.807, 2.05) is 6.07 Å². The first kappa shape index (κ1) is 8.97. The molecule has 0 aromatic heterocycles. The van der Waals surface area contributed by atoms with Gasteiger partial charge in [-0.1, -0.05) is 0 Å². The van der Waals surface area contributed by atoms with E-state index in [0.717, 1.165) is 0 Å². The zero-order valence-electron chi connectivity index (χ0n) is 7.37. The van der Waals surface area contributed by atoms with Gasteiger partial charge >= 0.3 is 0 Å². The highest BCUT2D eigenvalue weighted by molar-refractivity contribution is 5.43. The molecule has 1 atom stereocenters. The highest BCUT2D eigenvalue weighted by atomic mass is 19.1. The monoisotopic (exact) mass is 193 g/mol. The molecule has 4 heteroatoms. The van der Waals surface area contributed by atoms with Crippen LogP contribution < -0.4 is 4.74 Å². The van der Waals surface area contributed by atoms with Crippen molar-refractivity contribution in [3.63, 3.8) is 0 Å². The van der Waals surface area contributed by atoms with Crippen LogP contribution in [0.2, 0.25) is 0 Å². The largest absolute Gasteiger partial charge is 0.489 e. The lowest BCUT2D eigenvalue weighted by Crippen LogP contribution is -2.05. The topological polar surface area (TPSA) is 45.5 Å². The summed E-state index contributed by atoms with van der Waals surface area (Å²) in [6.07, 6.45) is 0.102. The lowest BCUT2D eigenvalue weighted by atomic mass is 10.2. The summed E-state index contributed by atoms with van der Waals surface area (Å²) in [5.74, 6) is -0.126. The molecule has 0 spiro atoms. The van der Waals surface area contributed by atoms with E-state index in [9.17, 15) is 4.39 Å². The molecule has 72 valence electrons. The molecule has 0 saturated carbocycles. The van der Waals surface area contributed by atoms with Gasteiger partial charge in [-0.3, -0.25) is 0 Å². The van der Waals surface area contributed by atoms with Crippen molar-refractivity contribution in [1.82, 2.24) is 0 Å². The van der Waals surface area contributed by atoms with Crippen molar-refractivity contribution in [3.8, 4) is 11.8 Å². The van der Waals surface area contributed by atoms with Crippen molar-refractivity contribution in [2.45, 2.75) is 6.10 Å². The number of nitrogens with zero attached hydrogens (tertiary/aromatic N) is 1. The molecule has 1 heterocycles. The summed E-state index contributed by atoms with van der Waals surface area (Å²) >= 11 is 0. The average Bonchev–Trinajstić information content (AvgIpc) is 2.98. The maximum atomic E-state index is 12.8. The van der Waals surface area contributed by atoms with Crippen LogP contribution in [0.15, 0.2) is 18.2 Å². The SMILES string of the molecule is N#Cc1ccc(F)cc1OC[C@@H]1CO1. The first-order chi connectivity index (χ1) is 6.79. The van der Waals surface area contributed by atoms with Crippen LogP contribution in [0.3, 0.4) is 0 Å². The van der Waals surface area contributed by atoms with E-state index in [4.69, 9.17) is 14.7 Å². The molecule has 14 heavy (non-hydrogen) atoms. The van der Waals surface area contributed by atoms with Crippen LogP contribution in [0, 0.1) is 17.1 Å². The van der Waals surface area contributed by atoms with E-state index in [1.165, 1.54) is 18.2 Å². The number of ether oxygens (including phenoxy) is 2. The highest BCUT2D eigenvalue weighted by Crippen LogP contribution is 2.20. The van der Waals surface area contributed by atoms with Gasteiger partial charge in [0.25, 0.3) is 0 Å². The van der Waals surface area contributed by atoms with Gasteiger partial charge in [0.2, 0.25) is 0 Å². The first-order valence-corrected chi connectivity index (χ1v) is 4.23. The smallest absolute Gasteiger partial charge is 0.140 e. The zero-order valence-corrected chi connectivity index (χ0v) is 7.37. The van der Waals surface area contributed by atoms with Gasteiger partial charge in [0, 0.05) is 6.07 Å². The third-order valence-corrected chi connectivity index (χ3v) is 1.89. The number of benzene rings is 1. The van der Waals surface area contributed by atoms with E-state index in [-0.39, 0.29) is 11.9 Å². The van der Waals surface area contributed by atoms with Crippen molar-refractivity contribution in [1.29, 1.82) is 5.26 Å². The van der Waals surface area contributed by atoms with Gasteiger partial charge in [-0.2, -0.15) is 5.26 Å². The van der Waals surface area contributed by atoms with Crippen LogP contribution in [0.4, 0.5) is 4.39 Å². The van der Waals surface area contributed by atoms with Crippen LogP contribution in [0.5, 0.6) is 5.75 Å². The minimum absolute atomic E-state index is 0.102. The second-order valence-corrected chi connectivity index (χ2v) is 3.02. The Bertz CT molecular complexity index is 382. The molecule has 1 fully saturated rings. The molecule has 0 radical (unpaired) electrons. The van der Waals surface area contributed by atoms with E-state index < -0.39 is 5.82 Å². The molecule has 1 aliphatic rings. The molecule has 0 amide bonds. The Labute approximate surface area is 80.7 Å². The summed E-state index contributed by atoms with van der Waals surface area (Å²) in [6, 6.07) is 5.78. The number of rotatable bonds is 3. The van der Waals surface area contributed by atoms with Crippen molar-refractivity contribution in [2.24, 2.45) is 0 Å². The molecule has 0 unspecified atom stereocenters. The quantitative estimate of drug-likeness (QED) is 0.683. The summed E-state index contributed by atoms with van der Waals surface area (Å²) in [6.45, 7) is 1.05. The number of hydrogen-bond donors (Lipinski definition) is 0. The molecule has 2 rings (SSSR count). The number of hydrogen-bond acceptors (Lipinski definition) is 3. The van der Waals surface area contributed by atoms with E-state index in [1.54, 1.807) is 0 Å². The van der Waals surface area contributed by atoms with E-state index in [0.29, 0.717) is 18.8 Å². The lowest BCUT2D eigenvalue weighted by molar-refractivity contribution is 0.261. The van der Waals surface area contributed by atoms with Crippen molar-refractivity contribution in [2.75, 3.05) is 13.2 Å². The molecule has 1 aromatic carbocycles. The molecule has 0 aliphatic carbocycles. The Balaban J connectivity index is 2.12. The van der Waals surface area contributed by atoms with Gasteiger partial charge in [0.15, 0.2) is 0 Å². The van der Waals surface area contributed by atoms with Gasteiger partial charge in [-0.25, -0.2) is 4.39 Å². The molecular formula is C10H8FNO2. The lowest BCUT2D eigenvalue weighted by Gasteiger charge is -2.05. The third kappa shape index (κ3) is 2.01. The second-order valence-electron chi connectivity index (χ2n) is 3.02. The van der Waals surface area contributed by atoms with Crippen LogP contribution in [-0.2, 0) is 4.74 Å².